The summed E-state index contributed by atoms with van der Waals surface area (Å²) in [5, 5.41) is 3.92. The van der Waals surface area contributed by atoms with Gasteiger partial charge in [0.1, 0.15) is 10.6 Å². The van der Waals surface area contributed by atoms with Gasteiger partial charge in [-0.25, -0.2) is 0 Å². The summed E-state index contributed by atoms with van der Waals surface area (Å²) in [6, 6.07) is 15.5. The monoisotopic (exact) mass is 268 g/mol. The minimum Gasteiger partial charge on any atom is -0.495 e. The van der Waals surface area contributed by atoms with Crippen molar-refractivity contribution in [3.8, 4) is 5.75 Å². The fraction of sp³-hybridized carbons (Fsp3) is 0.0625. The second-order valence-electron chi connectivity index (χ2n) is 4.17. The standard InChI is InChI=1S/C16H12O2S/c1-18-14-9-10-19-16(14)15(17)13-8-4-6-11-5-2-3-7-12(11)13/h2-10H,1H3. The Morgan fingerprint density at radius 1 is 1.05 bits per heavy atom. The highest BCUT2D eigenvalue weighted by atomic mass is 32.1. The molecule has 0 atom stereocenters. The van der Waals surface area contributed by atoms with Crippen molar-refractivity contribution >= 4 is 27.9 Å². The number of benzene rings is 2. The van der Waals surface area contributed by atoms with E-state index in [4.69, 9.17) is 4.74 Å². The van der Waals surface area contributed by atoms with E-state index in [2.05, 4.69) is 0 Å². The average molecular weight is 268 g/mol. The largest absolute Gasteiger partial charge is 0.495 e. The molecule has 0 spiro atoms. The molecule has 0 aliphatic rings. The maximum atomic E-state index is 12.6. The first-order valence-electron chi connectivity index (χ1n) is 5.95. The summed E-state index contributed by atoms with van der Waals surface area (Å²) in [6.07, 6.45) is 0. The Kier molecular flexibility index (Phi) is 3.05. The van der Waals surface area contributed by atoms with E-state index in [1.54, 1.807) is 7.11 Å². The van der Waals surface area contributed by atoms with Crippen LogP contribution in [0.4, 0.5) is 0 Å². The lowest BCUT2D eigenvalue weighted by Crippen LogP contribution is -2.01. The predicted octanol–water partition coefficient (Wildman–Crippen LogP) is 4.14. The summed E-state index contributed by atoms with van der Waals surface area (Å²) in [7, 11) is 1.59. The van der Waals surface area contributed by atoms with Gasteiger partial charge in [0.05, 0.1) is 7.11 Å². The molecular formula is C16H12O2S. The third-order valence-corrected chi connectivity index (χ3v) is 3.98. The lowest BCUT2D eigenvalue weighted by atomic mass is 10.0. The van der Waals surface area contributed by atoms with Crippen molar-refractivity contribution < 1.29 is 9.53 Å². The highest BCUT2D eigenvalue weighted by molar-refractivity contribution is 7.12. The quantitative estimate of drug-likeness (QED) is 0.667. The Bertz CT molecular complexity index is 738. The molecule has 0 amide bonds. The minimum atomic E-state index is 0.0173. The zero-order valence-electron chi connectivity index (χ0n) is 10.4. The highest BCUT2D eigenvalue weighted by Gasteiger charge is 2.17. The first-order chi connectivity index (χ1) is 9.31. The van der Waals surface area contributed by atoms with Gasteiger partial charge in [-0.15, -0.1) is 11.3 Å². The first-order valence-corrected chi connectivity index (χ1v) is 6.83. The number of carbonyl (C=O) groups excluding carboxylic acids is 1. The second kappa shape index (κ2) is 4.86. The summed E-state index contributed by atoms with van der Waals surface area (Å²) in [5.41, 5.74) is 0.721. The van der Waals surface area contributed by atoms with Gasteiger partial charge in [-0.3, -0.25) is 4.79 Å². The Morgan fingerprint density at radius 2 is 1.84 bits per heavy atom. The average Bonchev–Trinajstić information content (AvgIpc) is 2.94. The van der Waals surface area contributed by atoms with Crippen LogP contribution >= 0.6 is 11.3 Å². The molecule has 0 N–H and O–H groups in total. The van der Waals surface area contributed by atoms with Crippen LogP contribution in [0, 0.1) is 0 Å². The number of ketones is 1. The molecule has 0 saturated carbocycles. The third kappa shape index (κ3) is 2.02. The summed E-state index contributed by atoms with van der Waals surface area (Å²) < 4.78 is 5.23. The lowest BCUT2D eigenvalue weighted by molar-refractivity contribution is 0.104. The highest BCUT2D eigenvalue weighted by Crippen LogP contribution is 2.29. The molecular weight excluding hydrogens is 256 g/mol. The second-order valence-corrected chi connectivity index (χ2v) is 5.09. The molecule has 0 unspecified atom stereocenters. The van der Waals surface area contributed by atoms with Crippen LogP contribution in [0.2, 0.25) is 0 Å². The van der Waals surface area contributed by atoms with Crippen LogP contribution in [0.1, 0.15) is 15.2 Å². The molecule has 19 heavy (non-hydrogen) atoms. The Labute approximate surface area is 115 Å². The van der Waals surface area contributed by atoms with Crippen molar-refractivity contribution in [1.29, 1.82) is 0 Å². The van der Waals surface area contributed by atoms with E-state index in [1.807, 2.05) is 53.9 Å². The summed E-state index contributed by atoms with van der Waals surface area (Å²) in [4.78, 5) is 13.3. The minimum absolute atomic E-state index is 0.0173. The van der Waals surface area contributed by atoms with E-state index in [0.29, 0.717) is 10.6 Å². The van der Waals surface area contributed by atoms with Crippen LogP contribution in [0.3, 0.4) is 0 Å². The molecule has 3 rings (SSSR count). The SMILES string of the molecule is COc1ccsc1C(=O)c1cccc2ccccc12. The number of hydrogen-bond donors (Lipinski definition) is 0. The van der Waals surface area contributed by atoms with E-state index < -0.39 is 0 Å². The number of thiophene rings is 1. The lowest BCUT2D eigenvalue weighted by Gasteiger charge is -2.06. The van der Waals surface area contributed by atoms with Gasteiger partial charge in [-0.05, 0) is 22.2 Å². The molecule has 94 valence electrons. The molecule has 3 heteroatoms. The van der Waals surface area contributed by atoms with E-state index in [1.165, 1.54) is 11.3 Å². The van der Waals surface area contributed by atoms with Crippen LogP contribution in [-0.2, 0) is 0 Å². The molecule has 1 aromatic heterocycles. The van der Waals surface area contributed by atoms with Crippen molar-refractivity contribution in [2.75, 3.05) is 7.11 Å². The van der Waals surface area contributed by atoms with Gasteiger partial charge < -0.3 is 4.74 Å². The van der Waals surface area contributed by atoms with Crippen LogP contribution in [0.5, 0.6) is 5.75 Å². The molecule has 0 aliphatic carbocycles. The van der Waals surface area contributed by atoms with Crippen LogP contribution in [0.25, 0.3) is 10.8 Å². The summed E-state index contributed by atoms with van der Waals surface area (Å²) in [6.45, 7) is 0. The first kappa shape index (κ1) is 11.9. The number of ether oxygens (including phenoxy) is 1. The Balaban J connectivity index is 2.17. The van der Waals surface area contributed by atoms with Crippen molar-refractivity contribution in [3.63, 3.8) is 0 Å². The van der Waals surface area contributed by atoms with Gasteiger partial charge in [0.2, 0.25) is 5.78 Å². The zero-order valence-corrected chi connectivity index (χ0v) is 11.2. The van der Waals surface area contributed by atoms with E-state index in [0.717, 1.165) is 16.3 Å². The van der Waals surface area contributed by atoms with Crippen molar-refractivity contribution in [1.82, 2.24) is 0 Å². The summed E-state index contributed by atoms with van der Waals surface area (Å²) in [5.74, 6) is 0.659. The maximum absolute atomic E-state index is 12.6. The van der Waals surface area contributed by atoms with Crippen LogP contribution in [0.15, 0.2) is 53.9 Å². The number of fused-ring (bicyclic) bond motifs is 1. The van der Waals surface area contributed by atoms with E-state index in [-0.39, 0.29) is 5.78 Å². The molecule has 0 radical (unpaired) electrons. The zero-order chi connectivity index (χ0) is 13.2. The van der Waals surface area contributed by atoms with Gasteiger partial charge in [0, 0.05) is 5.56 Å². The summed E-state index contributed by atoms with van der Waals surface area (Å²) >= 11 is 1.41. The fourth-order valence-corrected chi connectivity index (χ4v) is 2.98. The normalized spacial score (nSPS) is 10.6. The van der Waals surface area contributed by atoms with Gasteiger partial charge >= 0.3 is 0 Å². The number of carbonyl (C=O) groups is 1. The smallest absolute Gasteiger partial charge is 0.207 e. The topological polar surface area (TPSA) is 26.3 Å². The molecule has 2 nitrogen and oxygen atoms in total. The van der Waals surface area contributed by atoms with Gasteiger partial charge in [-0.1, -0.05) is 42.5 Å². The van der Waals surface area contributed by atoms with E-state index >= 15 is 0 Å². The van der Waals surface area contributed by atoms with Gasteiger partial charge in [0.15, 0.2) is 0 Å². The third-order valence-electron chi connectivity index (χ3n) is 3.09. The van der Waals surface area contributed by atoms with Crippen LogP contribution < -0.4 is 4.74 Å². The molecule has 0 fully saturated rings. The van der Waals surface area contributed by atoms with Crippen molar-refractivity contribution in [2.45, 2.75) is 0 Å². The van der Waals surface area contributed by atoms with Crippen molar-refractivity contribution in [3.05, 3.63) is 64.4 Å². The van der Waals surface area contributed by atoms with E-state index in [9.17, 15) is 4.79 Å². The molecule has 1 heterocycles. The van der Waals surface area contributed by atoms with Gasteiger partial charge in [0.25, 0.3) is 0 Å². The fourth-order valence-electron chi connectivity index (χ4n) is 2.17. The van der Waals surface area contributed by atoms with Crippen LogP contribution in [-0.4, -0.2) is 12.9 Å². The number of methoxy groups -OCH3 is 1. The molecule has 3 aromatic rings. The Hall–Kier alpha value is -2.13. The maximum Gasteiger partial charge on any atom is 0.207 e. The number of rotatable bonds is 3. The Morgan fingerprint density at radius 3 is 2.68 bits per heavy atom. The van der Waals surface area contributed by atoms with Crippen molar-refractivity contribution in [2.24, 2.45) is 0 Å². The molecule has 0 bridgehead atoms. The predicted molar refractivity (Wildman–Crippen MR) is 78.3 cm³/mol. The van der Waals surface area contributed by atoms with Gasteiger partial charge in [-0.2, -0.15) is 0 Å². The molecule has 0 aliphatic heterocycles. The molecule has 0 saturated heterocycles. The molecule has 2 aromatic carbocycles. The number of hydrogen-bond acceptors (Lipinski definition) is 3.